The van der Waals surface area contributed by atoms with Crippen LogP contribution in [0.4, 0.5) is 4.79 Å². The number of benzene rings is 1. The van der Waals surface area contributed by atoms with Crippen molar-refractivity contribution in [3.05, 3.63) is 35.4 Å². The molecule has 122 valence electrons. The largest absolute Gasteiger partial charge is 0.464 e. The summed E-state index contributed by atoms with van der Waals surface area (Å²) in [5.74, 6) is -0.136. The summed E-state index contributed by atoms with van der Waals surface area (Å²) in [6, 6.07) is 6.75. The molecule has 0 bridgehead atoms. The van der Waals surface area contributed by atoms with Crippen molar-refractivity contribution in [2.24, 2.45) is 5.92 Å². The van der Waals surface area contributed by atoms with Gasteiger partial charge in [-0.1, -0.05) is 26.0 Å². The van der Waals surface area contributed by atoms with E-state index in [0.29, 0.717) is 18.7 Å². The SMILES string of the molecule is CCOC(=O)c1ccc(C(C)NN(CC(C)C)C(=O)O)cc1. The Morgan fingerprint density at radius 1 is 1.23 bits per heavy atom. The number of hydrogen-bond acceptors (Lipinski definition) is 4. The molecule has 0 fully saturated rings. The van der Waals surface area contributed by atoms with Crippen molar-refractivity contribution < 1.29 is 19.4 Å². The molecule has 2 N–H and O–H groups in total. The maximum atomic E-state index is 11.6. The highest BCUT2D eigenvalue weighted by Gasteiger charge is 2.17. The van der Waals surface area contributed by atoms with Gasteiger partial charge >= 0.3 is 12.1 Å². The number of ether oxygens (including phenoxy) is 1. The van der Waals surface area contributed by atoms with Gasteiger partial charge in [0.1, 0.15) is 0 Å². The summed E-state index contributed by atoms with van der Waals surface area (Å²) in [4.78, 5) is 22.8. The molecule has 1 unspecified atom stereocenters. The van der Waals surface area contributed by atoms with Crippen molar-refractivity contribution in [2.75, 3.05) is 13.2 Å². The lowest BCUT2D eigenvalue weighted by Gasteiger charge is -2.26. The van der Waals surface area contributed by atoms with Gasteiger partial charge in [0, 0.05) is 12.6 Å². The van der Waals surface area contributed by atoms with Crippen LogP contribution in [0.5, 0.6) is 0 Å². The summed E-state index contributed by atoms with van der Waals surface area (Å²) in [7, 11) is 0. The molecule has 6 heteroatoms. The van der Waals surface area contributed by atoms with Crippen LogP contribution in [0.1, 0.15) is 49.7 Å². The molecule has 1 aromatic carbocycles. The first-order chi connectivity index (χ1) is 10.3. The molecule has 1 atom stereocenters. The second-order valence-electron chi connectivity index (χ2n) is 5.48. The fraction of sp³-hybridized carbons (Fsp3) is 0.500. The molecule has 1 rings (SSSR count). The average Bonchev–Trinajstić information content (AvgIpc) is 2.46. The summed E-state index contributed by atoms with van der Waals surface area (Å²) in [5.41, 5.74) is 4.33. The number of hydrogen-bond donors (Lipinski definition) is 2. The highest BCUT2D eigenvalue weighted by molar-refractivity contribution is 5.89. The zero-order chi connectivity index (χ0) is 16.7. The Morgan fingerprint density at radius 2 is 1.82 bits per heavy atom. The Morgan fingerprint density at radius 3 is 2.27 bits per heavy atom. The van der Waals surface area contributed by atoms with E-state index in [1.807, 2.05) is 20.8 Å². The molecule has 1 amide bonds. The summed E-state index contributed by atoms with van der Waals surface area (Å²) in [5, 5.41) is 10.4. The first kappa shape index (κ1) is 18.0. The minimum Gasteiger partial charge on any atom is -0.464 e. The first-order valence-corrected chi connectivity index (χ1v) is 7.38. The van der Waals surface area contributed by atoms with Gasteiger partial charge in [-0.05, 0) is 37.5 Å². The number of nitrogens with zero attached hydrogens (tertiary/aromatic N) is 1. The Labute approximate surface area is 131 Å². The molecule has 0 aromatic heterocycles. The first-order valence-electron chi connectivity index (χ1n) is 7.38. The van der Waals surface area contributed by atoms with Crippen LogP contribution < -0.4 is 5.43 Å². The van der Waals surface area contributed by atoms with E-state index in [9.17, 15) is 14.7 Å². The lowest BCUT2D eigenvalue weighted by atomic mass is 10.1. The Kier molecular flexibility index (Phi) is 6.85. The monoisotopic (exact) mass is 308 g/mol. The zero-order valence-electron chi connectivity index (χ0n) is 13.5. The normalized spacial score (nSPS) is 12.0. The van der Waals surface area contributed by atoms with Crippen LogP contribution in [-0.4, -0.2) is 35.3 Å². The molecule has 0 spiro atoms. The third-order valence-electron chi connectivity index (χ3n) is 3.05. The number of carbonyl (C=O) groups excluding carboxylic acids is 1. The smallest absolute Gasteiger partial charge is 0.421 e. The predicted octanol–water partition coefficient (Wildman–Crippen LogP) is 3.06. The van der Waals surface area contributed by atoms with Crippen LogP contribution in [0.15, 0.2) is 24.3 Å². The second-order valence-corrected chi connectivity index (χ2v) is 5.48. The van der Waals surface area contributed by atoms with Gasteiger partial charge in [0.15, 0.2) is 0 Å². The second kappa shape index (κ2) is 8.38. The van der Waals surface area contributed by atoms with Crippen LogP contribution in [0.3, 0.4) is 0 Å². The van der Waals surface area contributed by atoms with Crippen molar-refractivity contribution in [1.82, 2.24) is 10.4 Å². The summed E-state index contributed by atoms with van der Waals surface area (Å²) in [6.45, 7) is 8.28. The fourth-order valence-corrected chi connectivity index (χ4v) is 1.98. The molecule has 22 heavy (non-hydrogen) atoms. The van der Waals surface area contributed by atoms with Gasteiger partial charge in [-0.2, -0.15) is 0 Å². The van der Waals surface area contributed by atoms with Gasteiger partial charge in [0.25, 0.3) is 0 Å². The van der Waals surface area contributed by atoms with Gasteiger partial charge in [-0.15, -0.1) is 0 Å². The van der Waals surface area contributed by atoms with E-state index in [-0.39, 0.29) is 17.9 Å². The van der Waals surface area contributed by atoms with Crippen LogP contribution in [0, 0.1) is 5.92 Å². The topological polar surface area (TPSA) is 78.9 Å². The third kappa shape index (κ3) is 5.37. The number of rotatable bonds is 7. The average molecular weight is 308 g/mol. The van der Waals surface area contributed by atoms with E-state index >= 15 is 0 Å². The van der Waals surface area contributed by atoms with Crippen LogP contribution >= 0.6 is 0 Å². The van der Waals surface area contributed by atoms with E-state index in [1.54, 1.807) is 31.2 Å². The van der Waals surface area contributed by atoms with E-state index in [0.717, 1.165) is 5.56 Å². The third-order valence-corrected chi connectivity index (χ3v) is 3.05. The fourth-order valence-electron chi connectivity index (χ4n) is 1.98. The minimum atomic E-state index is -1.01. The molecule has 0 saturated heterocycles. The molecule has 1 aromatic rings. The van der Waals surface area contributed by atoms with Crippen LogP contribution in [0.25, 0.3) is 0 Å². The number of amides is 1. The molecule has 0 heterocycles. The van der Waals surface area contributed by atoms with Gasteiger partial charge < -0.3 is 9.84 Å². The van der Waals surface area contributed by atoms with Crippen molar-refractivity contribution in [2.45, 2.75) is 33.7 Å². The summed E-state index contributed by atoms with van der Waals surface area (Å²) >= 11 is 0. The summed E-state index contributed by atoms with van der Waals surface area (Å²) < 4.78 is 4.93. The van der Waals surface area contributed by atoms with Crippen LogP contribution in [0.2, 0.25) is 0 Å². The van der Waals surface area contributed by atoms with Crippen molar-refractivity contribution in [1.29, 1.82) is 0 Å². The predicted molar refractivity (Wildman–Crippen MR) is 83.5 cm³/mol. The van der Waals surface area contributed by atoms with E-state index in [1.165, 1.54) is 5.01 Å². The lowest BCUT2D eigenvalue weighted by molar-refractivity contribution is 0.0526. The molecule has 0 aliphatic carbocycles. The van der Waals surface area contributed by atoms with E-state index < -0.39 is 6.09 Å². The molecule has 0 saturated carbocycles. The van der Waals surface area contributed by atoms with E-state index in [2.05, 4.69) is 5.43 Å². The van der Waals surface area contributed by atoms with Gasteiger partial charge in [-0.25, -0.2) is 20.0 Å². The van der Waals surface area contributed by atoms with Gasteiger partial charge in [0.2, 0.25) is 0 Å². The number of esters is 1. The zero-order valence-corrected chi connectivity index (χ0v) is 13.5. The molecule has 6 nitrogen and oxygen atoms in total. The Bertz CT molecular complexity index is 499. The van der Waals surface area contributed by atoms with Gasteiger partial charge in [-0.3, -0.25) is 0 Å². The maximum absolute atomic E-state index is 11.6. The highest BCUT2D eigenvalue weighted by atomic mass is 16.5. The van der Waals surface area contributed by atoms with Crippen molar-refractivity contribution in [3.8, 4) is 0 Å². The molecule has 0 aliphatic rings. The molecular weight excluding hydrogens is 284 g/mol. The number of carboxylic acid groups (broad SMARTS) is 1. The van der Waals surface area contributed by atoms with Crippen molar-refractivity contribution in [3.63, 3.8) is 0 Å². The van der Waals surface area contributed by atoms with Crippen molar-refractivity contribution >= 4 is 12.1 Å². The number of carbonyl (C=O) groups is 2. The molecule has 0 aliphatic heterocycles. The van der Waals surface area contributed by atoms with Crippen LogP contribution in [-0.2, 0) is 4.74 Å². The lowest BCUT2D eigenvalue weighted by Crippen LogP contribution is -2.45. The van der Waals surface area contributed by atoms with Gasteiger partial charge in [0.05, 0.1) is 12.2 Å². The standard InChI is InChI=1S/C16H24N2O4/c1-5-22-15(19)14-8-6-13(7-9-14)12(4)17-18(16(20)21)10-11(2)3/h6-9,11-12,17H,5,10H2,1-4H3,(H,20,21). The van der Waals surface area contributed by atoms with E-state index in [4.69, 9.17) is 4.74 Å². The highest BCUT2D eigenvalue weighted by Crippen LogP contribution is 2.15. The maximum Gasteiger partial charge on any atom is 0.421 e. The minimum absolute atomic E-state index is 0.189. The number of hydrazine groups is 1. The molecular formula is C16H24N2O4. The summed E-state index contributed by atoms with van der Waals surface area (Å²) in [6.07, 6.45) is -1.01. The number of nitrogens with one attached hydrogen (secondary N) is 1. The Balaban J connectivity index is 2.74. The Hall–Kier alpha value is -2.08. The quantitative estimate of drug-likeness (QED) is 0.598. The molecule has 0 radical (unpaired) electrons.